The number of sulfonamides is 1. The molecule has 2 N–H and O–H groups in total. The number of halogens is 1. The van der Waals surface area contributed by atoms with E-state index in [-0.39, 0.29) is 21.9 Å². The Bertz CT molecular complexity index is 426. The Morgan fingerprint density at radius 3 is 2.73 bits per heavy atom. The largest absolute Gasteiger partial charge is 0.450 e. The second-order valence-electron chi connectivity index (χ2n) is 2.91. The molecule has 86 valence electrons. The van der Waals surface area contributed by atoms with Gasteiger partial charge < -0.3 is 9.52 Å². The predicted octanol–water partition coefficient (Wildman–Crippen LogP) is 1.22. The van der Waals surface area contributed by atoms with Crippen molar-refractivity contribution in [3.05, 3.63) is 16.5 Å². The van der Waals surface area contributed by atoms with Crippen LogP contribution in [-0.2, 0) is 16.6 Å². The summed E-state index contributed by atoms with van der Waals surface area (Å²) >= 11 is 2.99. The second-order valence-corrected chi connectivity index (χ2v) is 5.36. The number of furan rings is 1. The van der Waals surface area contributed by atoms with E-state index in [9.17, 15) is 8.42 Å². The maximum Gasteiger partial charge on any atom is 0.244 e. The molecule has 0 unspecified atom stereocenters. The number of aliphatic hydroxyl groups excluding tert-OH is 1. The van der Waals surface area contributed by atoms with E-state index >= 15 is 0 Å². The Kier molecular flexibility index (Phi) is 4.32. The molecule has 15 heavy (non-hydrogen) atoms. The molecule has 1 aromatic heterocycles. The van der Waals surface area contributed by atoms with Gasteiger partial charge in [0.2, 0.25) is 10.0 Å². The molecule has 0 amide bonds. The van der Waals surface area contributed by atoms with Crippen LogP contribution in [0.15, 0.2) is 20.0 Å². The van der Waals surface area contributed by atoms with Gasteiger partial charge in [0.25, 0.3) is 0 Å². The van der Waals surface area contributed by atoms with Crippen molar-refractivity contribution in [1.29, 1.82) is 0 Å². The SMILES string of the molecule is CCCNS(=O)(=O)c1cc(CO)oc1Br. The molecule has 0 spiro atoms. The molecule has 5 nitrogen and oxygen atoms in total. The van der Waals surface area contributed by atoms with Gasteiger partial charge in [0.05, 0.1) is 0 Å². The van der Waals surface area contributed by atoms with E-state index in [4.69, 9.17) is 9.52 Å². The highest BCUT2D eigenvalue weighted by molar-refractivity contribution is 9.10. The van der Waals surface area contributed by atoms with Gasteiger partial charge in [-0.15, -0.1) is 0 Å². The average Bonchev–Trinajstić information content (AvgIpc) is 2.57. The zero-order chi connectivity index (χ0) is 11.5. The smallest absolute Gasteiger partial charge is 0.244 e. The average molecular weight is 298 g/mol. The lowest BCUT2D eigenvalue weighted by Gasteiger charge is -2.02. The summed E-state index contributed by atoms with van der Waals surface area (Å²) in [6.45, 7) is 1.91. The van der Waals surface area contributed by atoms with Crippen LogP contribution in [0.2, 0.25) is 0 Å². The molecule has 0 aliphatic heterocycles. The highest BCUT2D eigenvalue weighted by Gasteiger charge is 2.21. The molecule has 0 aromatic carbocycles. The first-order valence-electron chi connectivity index (χ1n) is 4.40. The lowest BCUT2D eigenvalue weighted by molar-refractivity contribution is 0.245. The quantitative estimate of drug-likeness (QED) is 0.856. The summed E-state index contributed by atoms with van der Waals surface area (Å²) in [7, 11) is -3.54. The zero-order valence-electron chi connectivity index (χ0n) is 8.16. The van der Waals surface area contributed by atoms with Crippen molar-refractivity contribution < 1.29 is 17.9 Å². The molecular weight excluding hydrogens is 286 g/mol. The van der Waals surface area contributed by atoms with Crippen LogP contribution in [0, 0.1) is 0 Å². The number of hydrogen-bond acceptors (Lipinski definition) is 4. The minimum atomic E-state index is -3.54. The van der Waals surface area contributed by atoms with Crippen molar-refractivity contribution in [1.82, 2.24) is 4.72 Å². The van der Waals surface area contributed by atoms with Crippen molar-refractivity contribution in [2.45, 2.75) is 24.8 Å². The summed E-state index contributed by atoms with van der Waals surface area (Å²) in [4.78, 5) is 0.0139. The maximum absolute atomic E-state index is 11.7. The van der Waals surface area contributed by atoms with Crippen LogP contribution in [0.4, 0.5) is 0 Å². The monoisotopic (exact) mass is 297 g/mol. The fourth-order valence-corrected chi connectivity index (χ4v) is 3.10. The van der Waals surface area contributed by atoms with E-state index in [0.717, 1.165) is 0 Å². The van der Waals surface area contributed by atoms with Gasteiger partial charge in [-0.3, -0.25) is 0 Å². The van der Waals surface area contributed by atoms with E-state index in [0.29, 0.717) is 13.0 Å². The molecule has 0 saturated heterocycles. The van der Waals surface area contributed by atoms with E-state index in [1.165, 1.54) is 6.07 Å². The molecule has 0 saturated carbocycles. The van der Waals surface area contributed by atoms with Crippen LogP contribution in [0.5, 0.6) is 0 Å². The van der Waals surface area contributed by atoms with E-state index in [1.54, 1.807) is 0 Å². The van der Waals surface area contributed by atoms with Gasteiger partial charge in [-0.1, -0.05) is 6.92 Å². The summed E-state index contributed by atoms with van der Waals surface area (Å²) in [6, 6.07) is 1.29. The van der Waals surface area contributed by atoms with Gasteiger partial charge in [0.1, 0.15) is 17.3 Å². The molecule has 1 aromatic rings. The topological polar surface area (TPSA) is 79.5 Å². The molecule has 0 bridgehead atoms. The third kappa shape index (κ3) is 3.04. The Labute approximate surface area is 96.7 Å². The van der Waals surface area contributed by atoms with Crippen LogP contribution in [0.3, 0.4) is 0 Å². The van der Waals surface area contributed by atoms with Crippen LogP contribution < -0.4 is 4.72 Å². The van der Waals surface area contributed by atoms with Gasteiger partial charge in [-0.2, -0.15) is 0 Å². The van der Waals surface area contributed by atoms with Crippen LogP contribution in [-0.4, -0.2) is 20.1 Å². The van der Waals surface area contributed by atoms with Crippen molar-refractivity contribution in [3.63, 3.8) is 0 Å². The molecule has 1 heterocycles. The number of hydrogen-bond donors (Lipinski definition) is 2. The Hall–Kier alpha value is -0.370. The maximum atomic E-state index is 11.7. The predicted molar refractivity (Wildman–Crippen MR) is 57.8 cm³/mol. The Morgan fingerprint density at radius 2 is 2.27 bits per heavy atom. The number of nitrogens with one attached hydrogen (secondary N) is 1. The second kappa shape index (κ2) is 5.11. The molecule has 0 atom stereocenters. The molecule has 1 rings (SSSR count). The third-order valence-corrected chi connectivity index (χ3v) is 4.01. The fraction of sp³-hybridized carbons (Fsp3) is 0.500. The first kappa shape index (κ1) is 12.7. The van der Waals surface area contributed by atoms with E-state index in [1.807, 2.05) is 6.92 Å². The van der Waals surface area contributed by atoms with Gasteiger partial charge >= 0.3 is 0 Å². The standard InChI is InChI=1S/C8H12BrNO4S/c1-2-3-10-15(12,13)7-4-6(5-11)14-8(7)9/h4,10-11H,2-3,5H2,1H3. The molecule has 7 heteroatoms. The van der Waals surface area contributed by atoms with Gasteiger partial charge in [0.15, 0.2) is 4.67 Å². The molecular formula is C8H12BrNO4S. The first-order valence-corrected chi connectivity index (χ1v) is 6.67. The van der Waals surface area contributed by atoms with Crippen LogP contribution in [0.25, 0.3) is 0 Å². The summed E-state index contributed by atoms with van der Waals surface area (Å²) in [6.07, 6.45) is 0.710. The molecule has 0 aliphatic rings. The van der Waals surface area contributed by atoms with E-state index < -0.39 is 10.0 Å². The fourth-order valence-electron chi connectivity index (χ4n) is 0.973. The van der Waals surface area contributed by atoms with Crippen LogP contribution >= 0.6 is 15.9 Å². The van der Waals surface area contributed by atoms with Gasteiger partial charge in [0, 0.05) is 12.6 Å². The number of rotatable bonds is 5. The van der Waals surface area contributed by atoms with Gasteiger partial charge in [-0.25, -0.2) is 13.1 Å². The normalized spacial score (nSPS) is 11.9. The summed E-state index contributed by atoms with van der Waals surface area (Å²) < 4.78 is 30.8. The number of aliphatic hydroxyl groups is 1. The Balaban J connectivity index is 2.99. The summed E-state index contributed by atoms with van der Waals surface area (Å²) in [5.41, 5.74) is 0. The zero-order valence-corrected chi connectivity index (χ0v) is 10.6. The minimum Gasteiger partial charge on any atom is -0.450 e. The summed E-state index contributed by atoms with van der Waals surface area (Å²) in [5, 5.41) is 8.79. The van der Waals surface area contributed by atoms with Crippen molar-refractivity contribution in [2.24, 2.45) is 0 Å². The highest BCUT2D eigenvalue weighted by atomic mass is 79.9. The Morgan fingerprint density at radius 1 is 1.60 bits per heavy atom. The molecule has 0 fully saturated rings. The third-order valence-electron chi connectivity index (χ3n) is 1.69. The lowest BCUT2D eigenvalue weighted by atomic mass is 10.5. The van der Waals surface area contributed by atoms with Gasteiger partial charge in [-0.05, 0) is 22.4 Å². The minimum absolute atomic E-state index is 0.0139. The summed E-state index contributed by atoms with van der Waals surface area (Å²) in [5.74, 6) is 0.207. The first-order chi connectivity index (χ1) is 7.01. The molecule has 0 radical (unpaired) electrons. The van der Waals surface area contributed by atoms with Crippen molar-refractivity contribution >= 4 is 26.0 Å². The lowest BCUT2D eigenvalue weighted by Crippen LogP contribution is -2.24. The molecule has 0 aliphatic carbocycles. The van der Waals surface area contributed by atoms with Crippen molar-refractivity contribution in [2.75, 3.05) is 6.54 Å². The van der Waals surface area contributed by atoms with Crippen molar-refractivity contribution in [3.8, 4) is 0 Å². The van der Waals surface area contributed by atoms with Crippen LogP contribution in [0.1, 0.15) is 19.1 Å². The van der Waals surface area contributed by atoms with E-state index in [2.05, 4.69) is 20.7 Å². The highest BCUT2D eigenvalue weighted by Crippen LogP contribution is 2.25.